The maximum absolute atomic E-state index is 12.1. The van der Waals surface area contributed by atoms with Crippen LogP contribution >= 0.6 is 11.8 Å². The lowest BCUT2D eigenvalue weighted by molar-refractivity contribution is -0.143. The molecule has 1 aliphatic rings. The fourth-order valence-electron chi connectivity index (χ4n) is 5.38. The lowest BCUT2D eigenvalue weighted by Gasteiger charge is -2.21. The molecule has 49 heavy (non-hydrogen) atoms. The van der Waals surface area contributed by atoms with Gasteiger partial charge in [0.05, 0.1) is 42.3 Å². The van der Waals surface area contributed by atoms with Crippen LogP contribution in [0, 0.1) is 0 Å². The summed E-state index contributed by atoms with van der Waals surface area (Å²) in [5, 5.41) is 3.96. The van der Waals surface area contributed by atoms with Crippen molar-refractivity contribution in [1.29, 1.82) is 0 Å². The number of aliphatic imine (C=N–C) groups is 1. The maximum Gasteiger partial charge on any atom is 0.306 e. The van der Waals surface area contributed by atoms with Gasteiger partial charge in [-0.1, -0.05) is 72.4 Å². The number of rotatable bonds is 14. The first-order valence-electron chi connectivity index (χ1n) is 16.0. The molecular formula is C37H37N2O7S2Si. The molecule has 0 saturated carbocycles. The summed E-state index contributed by atoms with van der Waals surface area (Å²) in [7, 11) is -4.86. The quantitative estimate of drug-likeness (QED) is 0.114. The highest BCUT2D eigenvalue weighted by atomic mass is 32.2. The molecule has 0 spiro atoms. The molecule has 0 saturated heterocycles. The first-order chi connectivity index (χ1) is 23.7. The Bertz CT molecular complexity index is 2000. The number of sulfone groups is 1. The van der Waals surface area contributed by atoms with Gasteiger partial charge in [0, 0.05) is 23.0 Å². The topological polar surface area (TPSA) is 116 Å². The van der Waals surface area contributed by atoms with E-state index >= 15 is 0 Å². The average molecular weight is 714 g/mol. The summed E-state index contributed by atoms with van der Waals surface area (Å²) < 4.78 is 48.4. The molecule has 253 valence electrons. The SMILES string of the molecule is CCOC(=O)CC1CN=C(c2cc3cc(Oc4ccc(S(C)(=O)=O)cc4)cc(OC(C)CO[Si](c4ccccc4)c4ccccc4)c3[nH]2)S1. The lowest BCUT2D eigenvalue weighted by Crippen LogP contribution is -2.46. The second-order valence-corrected chi connectivity index (χ2v) is 17.0. The zero-order valence-corrected chi connectivity index (χ0v) is 30.1. The Hall–Kier alpha value is -4.36. The molecule has 1 radical (unpaired) electrons. The summed E-state index contributed by atoms with van der Waals surface area (Å²) in [6.45, 7) is 5.00. The van der Waals surface area contributed by atoms with Crippen LogP contribution in [0.5, 0.6) is 17.2 Å². The van der Waals surface area contributed by atoms with E-state index in [4.69, 9.17) is 23.6 Å². The van der Waals surface area contributed by atoms with Gasteiger partial charge in [0.25, 0.3) is 9.04 Å². The number of ether oxygens (including phenoxy) is 3. The van der Waals surface area contributed by atoms with Crippen molar-refractivity contribution in [2.45, 2.75) is 36.5 Å². The van der Waals surface area contributed by atoms with Crippen LogP contribution in [0.3, 0.4) is 0 Å². The molecule has 0 aliphatic carbocycles. The first-order valence-corrected chi connectivity index (χ1v) is 20.1. The highest BCUT2D eigenvalue weighted by Crippen LogP contribution is 2.37. The van der Waals surface area contributed by atoms with Gasteiger partial charge in [-0.2, -0.15) is 0 Å². The van der Waals surface area contributed by atoms with E-state index in [1.54, 1.807) is 30.8 Å². The number of benzene rings is 4. The lowest BCUT2D eigenvalue weighted by atomic mass is 10.2. The monoisotopic (exact) mass is 713 g/mol. The Balaban J connectivity index is 1.25. The highest BCUT2D eigenvalue weighted by molar-refractivity contribution is 8.15. The van der Waals surface area contributed by atoms with Gasteiger partial charge in [0.2, 0.25) is 0 Å². The van der Waals surface area contributed by atoms with Gasteiger partial charge < -0.3 is 23.6 Å². The number of carbonyl (C=O) groups is 1. The Morgan fingerprint density at radius 1 is 0.959 bits per heavy atom. The third kappa shape index (κ3) is 8.82. The molecule has 2 unspecified atom stereocenters. The third-order valence-corrected chi connectivity index (χ3v) is 12.2. The summed E-state index contributed by atoms with van der Waals surface area (Å²) in [4.78, 5) is 20.5. The number of aromatic amines is 1. The van der Waals surface area contributed by atoms with Gasteiger partial charge in [-0.25, -0.2) is 8.42 Å². The highest BCUT2D eigenvalue weighted by Gasteiger charge is 2.26. The number of thioether (sulfide) groups is 1. The maximum atomic E-state index is 12.1. The van der Waals surface area contributed by atoms with Gasteiger partial charge in [0.15, 0.2) is 9.84 Å². The van der Waals surface area contributed by atoms with Crippen molar-refractivity contribution in [2.75, 3.05) is 26.0 Å². The zero-order valence-electron chi connectivity index (χ0n) is 27.4. The number of fused-ring (bicyclic) bond motifs is 1. The van der Waals surface area contributed by atoms with Gasteiger partial charge in [-0.15, -0.1) is 0 Å². The number of carbonyl (C=O) groups excluding carboxylic acids is 1. The number of nitrogens with zero attached hydrogens (tertiary/aromatic N) is 1. The smallest absolute Gasteiger partial charge is 0.306 e. The van der Waals surface area contributed by atoms with Crippen molar-refractivity contribution in [2.24, 2.45) is 4.99 Å². The molecule has 1 aromatic heterocycles. The first kappa shape index (κ1) is 34.5. The standard InChI is InChI=1S/C37H37N2O7S2Si/c1-4-43-35(40)22-29-23-38-37(47-29)33-20-26-19-28(46-27-15-17-30(18-16-27)48(3,41)42)21-34(36(26)39-33)45-25(2)24-44-49(31-11-7-5-8-12-31)32-13-9-6-10-14-32/h5-21,25,29,39H,4,22-24H2,1-3H3. The van der Waals surface area contributed by atoms with Crippen LogP contribution in [0.1, 0.15) is 26.0 Å². The molecular weight excluding hydrogens is 677 g/mol. The summed E-state index contributed by atoms with van der Waals surface area (Å²) in [6.07, 6.45) is 1.15. The number of nitrogens with one attached hydrogen (secondary N) is 1. The summed E-state index contributed by atoms with van der Waals surface area (Å²) in [6, 6.07) is 32.5. The summed E-state index contributed by atoms with van der Waals surface area (Å²) >= 11 is 1.55. The van der Waals surface area contributed by atoms with Gasteiger partial charge in [-0.3, -0.25) is 9.79 Å². The Kier molecular flexibility index (Phi) is 10.9. The predicted molar refractivity (Wildman–Crippen MR) is 196 cm³/mol. The molecule has 1 N–H and O–H groups in total. The van der Waals surface area contributed by atoms with Crippen molar-refractivity contribution in [3.63, 3.8) is 0 Å². The van der Waals surface area contributed by atoms with Gasteiger partial charge in [-0.05, 0) is 60.6 Å². The normalized spacial score (nSPS) is 15.3. The average Bonchev–Trinajstić information content (AvgIpc) is 3.73. The van der Waals surface area contributed by atoms with E-state index in [1.807, 2.05) is 61.5 Å². The van der Waals surface area contributed by atoms with Gasteiger partial charge >= 0.3 is 5.97 Å². The van der Waals surface area contributed by atoms with Crippen molar-refractivity contribution in [3.8, 4) is 17.2 Å². The van der Waals surface area contributed by atoms with E-state index < -0.39 is 18.9 Å². The Labute approximate surface area is 292 Å². The van der Waals surface area contributed by atoms with Crippen LogP contribution in [-0.4, -0.2) is 70.8 Å². The second kappa shape index (κ2) is 15.5. The van der Waals surface area contributed by atoms with E-state index in [2.05, 4.69) is 29.2 Å². The Morgan fingerprint density at radius 3 is 2.27 bits per heavy atom. The van der Waals surface area contributed by atoms with Crippen LogP contribution in [-0.2, 0) is 23.8 Å². The fraction of sp³-hybridized carbons (Fsp3) is 0.243. The van der Waals surface area contributed by atoms with Crippen LogP contribution in [0.15, 0.2) is 113 Å². The molecule has 5 aromatic rings. The number of hydrogen-bond acceptors (Lipinski definition) is 9. The van der Waals surface area contributed by atoms with Crippen LogP contribution in [0.25, 0.3) is 10.9 Å². The van der Waals surface area contributed by atoms with E-state index in [0.29, 0.717) is 43.4 Å². The van der Waals surface area contributed by atoms with Crippen molar-refractivity contribution < 1.29 is 31.8 Å². The fourth-order valence-corrected chi connectivity index (χ4v) is 9.14. The third-order valence-electron chi connectivity index (χ3n) is 7.66. The molecule has 9 nitrogen and oxygen atoms in total. The minimum Gasteiger partial charge on any atom is -0.486 e. The summed E-state index contributed by atoms with van der Waals surface area (Å²) in [5.74, 6) is 1.35. The van der Waals surface area contributed by atoms with Crippen molar-refractivity contribution >= 4 is 62.9 Å². The predicted octanol–water partition coefficient (Wildman–Crippen LogP) is 5.77. The van der Waals surface area contributed by atoms with Crippen molar-refractivity contribution in [3.05, 3.63) is 109 Å². The number of H-pyrrole nitrogens is 1. The van der Waals surface area contributed by atoms with E-state index in [1.165, 1.54) is 18.4 Å². The molecule has 1 aliphatic heterocycles. The molecule has 2 atom stereocenters. The largest absolute Gasteiger partial charge is 0.486 e. The molecule has 0 amide bonds. The van der Waals surface area contributed by atoms with Gasteiger partial charge in [0.1, 0.15) is 28.4 Å². The van der Waals surface area contributed by atoms with E-state index in [9.17, 15) is 13.2 Å². The molecule has 0 bridgehead atoms. The number of hydrogen-bond donors (Lipinski definition) is 1. The molecule has 4 aromatic carbocycles. The molecule has 2 heterocycles. The minimum atomic E-state index is -3.34. The molecule has 0 fully saturated rings. The van der Waals surface area contributed by atoms with E-state index in [-0.39, 0.29) is 22.2 Å². The van der Waals surface area contributed by atoms with Crippen LogP contribution in [0.4, 0.5) is 0 Å². The Morgan fingerprint density at radius 2 is 1.63 bits per heavy atom. The number of esters is 1. The summed E-state index contributed by atoms with van der Waals surface area (Å²) in [5.41, 5.74) is 1.59. The van der Waals surface area contributed by atoms with Crippen LogP contribution in [0.2, 0.25) is 0 Å². The molecule has 6 rings (SSSR count). The minimum absolute atomic E-state index is 0.00684. The zero-order chi connectivity index (χ0) is 34.4. The molecule has 12 heteroatoms. The second-order valence-electron chi connectivity index (χ2n) is 11.6. The van der Waals surface area contributed by atoms with Crippen LogP contribution < -0.4 is 19.8 Å². The van der Waals surface area contributed by atoms with Crippen molar-refractivity contribution in [1.82, 2.24) is 4.98 Å². The number of aromatic nitrogens is 1. The van der Waals surface area contributed by atoms with E-state index in [0.717, 1.165) is 32.0 Å².